The molecule has 206 valence electrons. The first-order valence-electron chi connectivity index (χ1n) is 12.0. The maximum Gasteiger partial charge on any atom is 0.416 e. The van der Waals surface area contributed by atoms with Crippen LogP contribution in [0.1, 0.15) is 30.0 Å². The van der Waals surface area contributed by atoms with Crippen molar-refractivity contribution < 1.29 is 40.6 Å². The summed E-state index contributed by atoms with van der Waals surface area (Å²) in [4.78, 5) is 13.2. The average Bonchev–Trinajstić information content (AvgIpc) is 2.83. The minimum atomic E-state index is -4.57. The van der Waals surface area contributed by atoms with Gasteiger partial charge in [-0.05, 0) is 43.2 Å². The molecule has 0 atom stereocenters. The second-order valence-electron chi connectivity index (χ2n) is 9.23. The highest BCUT2D eigenvalue weighted by Crippen LogP contribution is 2.44. The number of nitrogens with one attached hydrogen (secondary N) is 1. The summed E-state index contributed by atoms with van der Waals surface area (Å²) in [5.41, 5.74) is 0.470. The number of alkyl halides is 3. The Morgan fingerprint density at radius 3 is 2.53 bits per heavy atom. The third-order valence-corrected chi connectivity index (χ3v) is 8.37. The Kier molecular flexibility index (Phi) is 7.78. The molecule has 12 heteroatoms. The molecular formula is C26H29F3N2O6S. The Bertz CT molecular complexity index is 1350. The van der Waals surface area contributed by atoms with Crippen LogP contribution in [0, 0.1) is 0 Å². The lowest BCUT2D eigenvalue weighted by molar-refractivity contribution is -0.138. The first-order valence-corrected chi connectivity index (χ1v) is 13.6. The van der Waals surface area contributed by atoms with Gasteiger partial charge in [0, 0.05) is 50.1 Å². The summed E-state index contributed by atoms with van der Waals surface area (Å²) < 4.78 is 83.1. The number of nitrogens with zero attached hydrogens (tertiary/aromatic N) is 1. The number of rotatable bonds is 7. The van der Waals surface area contributed by atoms with E-state index in [4.69, 9.17) is 14.2 Å². The Balaban J connectivity index is 1.71. The van der Waals surface area contributed by atoms with Crippen LogP contribution in [0.5, 0.6) is 5.75 Å². The quantitative estimate of drug-likeness (QED) is 0.515. The number of carbonyl (C=O) groups is 1. The van der Waals surface area contributed by atoms with Crippen LogP contribution in [-0.2, 0) is 36.9 Å². The van der Waals surface area contributed by atoms with Crippen molar-refractivity contribution in [2.75, 3.05) is 49.4 Å². The van der Waals surface area contributed by atoms with E-state index in [1.54, 1.807) is 25.1 Å². The van der Waals surface area contributed by atoms with Gasteiger partial charge in [0.25, 0.3) is 0 Å². The Labute approximate surface area is 219 Å². The maximum absolute atomic E-state index is 13.4. The van der Waals surface area contributed by atoms with Gasteiger partial charge in [0.15, 0.2) is 5.60 Å². The largest absolute Gasteiger partial charge is 0.481 e. The second-order valence-corrected chi connectivity index (χ2v) is 11.2. The maximum atomic E-state index is 13.4. The SMILES string of the molecule is CCN1c2cccc(NC(=O)C=C3CC(COC)(COC)Oc4cc(C(F)(F)F)ccc43)c2CCS1(=O)=O. The van der Waals surface area contributed by atoms with Crippen molar-refractivity contribution >= 4 is 32.9 Å². The van der Waals surface area contributed by atoms with Crippen LogP contribution in [0.15, 0.2) is 42.5 Å². The fourth-order valence-electron chi connectivity index (χ4n) is 4.99. The van der Waals surface area contributed by atoms with Crippen molar-refractivity contribution in [1.82, 2.24) is 0 Å². The minimum Gasteiger partial charge on any atom is -0.481 e. The number of hydrogen-bond donors (Lipinski definition) is 1. The van der Waals surface area contributed by atoms with Crippen molar-refractivity contribution in [2.45, 2.75) is 31.5 Å². The van der Waals surface area contributed by atoms with E-state index in [1.165, 1.54) is 30.7 Å². The van der Waals surface area contributed by atoms with Gasteiger partial charge in [-0.3, -0.25) is 9.10 Å². The molecule has 2 aliphatic heterocycles. The first-order chi connectivity index (χ1) is 17.9. The van der Waals surface area contributed by atoms with Gasteiger partial charge >= 0.3 is 6.18 Å². The Morgan fingerprint density at radius 2 is 1.89 bits per heavy atom. The van der Waals surface area contributed by atoms with Gasteiger partial charge in [0.2, 0.25) is 15.9 Å². The molecule has 2 heterocycles. The van der Waals surface area contributed by atoms with Crippen LogP contribution in [0.25, 0.3) is 5.57 Å². The highest BCUT2D eigenvalue weighted by atomic mass is 32.2. The number of fused-ring (bicyclic) bond motifs is 2. The van der Waals surface area contributed by atoms with E-state index in [9.17, 15) is 26.4 Å². The molecule has 0 saturated heterocycles. The molecule has 1 N–H and O–H groups in total. The zero-order valence-electron chi connectivity index (χ0n) is 21.2. The molecular weight excluding hydrogens is 525 g/mol. The molecule has 0 fully saturated rings. The standard InChI is InChI=1S/C26H29F3N2O6S/c1-4-31-22-7-5-6-21(20(22)10-11-38(31,33)34)30-24(32)12-17-14-25(15-35-2,16-36-3)37-23-13-18(26(27,28)29)8-9-19(17)23/h5-9,12-13H,4,10-11,14-16H2,1-3H3,(H,30,32). The van der Waals surface area contributed by atoms with Gasteiger partial charge in [-0.1, -0.05) is 12.1 Å². The number of methoxy groups -OCH3 is 2. The van der Waals surface area contributed by atoms with E-state index in [1.807, 2.05) is 0 Å². The fourth-order valence-corrected chi connectivity index (χ4v) is 6.54. The van der Waals surface area contributed by atoms with Crippen LogP contribution in [0.2, 0.25) is 0 Å². The van der Waals surface area contributed by atoms with Crippen molar-refractivity contribution in [2.24, 2.45) is 0 Å². The monoisotopic (exact) mass is 554 g/mol. The molecule has 2 aromatic carbocycles. The number of halogens is 3. The van der Waals surface area contributed by atoms with Crippen LogP contribution in [-0.4, -0.2) is 59.7 Å². The first kappa shape index (κ1) is 27.9. The Hall–Kier alpha value is -3.09. The third kappa shape index (κ3) is 5.52. The summed E-state index contributed by atoms with van der Waals surface area (Å²) in [6, 6.07) is 8.19. The predicted molar refractivity (Wildman–Crippen MR) is 137 cm³/mol. The van der Waals surface area contributed by atoms with E-state index in [2.05, 4.69) is 5.32 Å². The summed E-state index contributed by atoms with van der Waals surface area (Å²) in [6.07, 6.45) is -2.86. The van der Waals surface area contributed by atoms with Gasteiger partial charge in [-0.25, -0.2) is 8.42 Å². The molecule has 38 heavy (non-hydrogen) atoms. The van der Waals surface area contributed by atoms with Crippen molar-refractivity contribution in [3.63, 3.8) is 0 Å². The lowest BCUT2D eigenvalue weighted by Crippen LogP contribution is -2.47. The highest BCUT2D eigenvalue weighted by molar-refractivity contribution is 7.92. The fraction of sp³-hybridized carbons (Fsp3) is 0.423. The van der Waals surface area contributed by atoms with Gasteiger partial charge in [0.1, 0.15) is 5.75 Å². The predicted octanol–water partition coefficient (Wildman–Crippen LogP) is 4.25. The molecule has 0 bridgehead atoms. The minimum absolute atomic E-state index is 0.0169. The summed E-state index contributed by atoms with van der Waals surface area (Å²) in [5.74, 6) is -0.619. The molecule has 2 aromatic rings. The van der Waals surface area contributed by atoms with E-state index in [0.717, 1.165) is 12.1 Å². The molecule has 0 spiro atoms. The van der Waals surface area contributed by atoms with E-state index < -0.39 is 33.3 Å². The molecule has 0 saturated carbocycles. The van der Waals surface area contributed by atoms with Crippen LogP contribution < -0.4 is 14.4 Å². The zero-order valence-corrected chi connectivity index (χ0v) is 22.0. The topological polar surface area (TPSA) is 94.2 Å². The van der Waals surface area contributed by atoms with Gasteiger partial charge < -0.3 is 19.5 Å². The molecule has 2 aliphatic rings. The third-order valence-electron chi connectivity index (χ3n) is 6.52. The summed E-state index contributed by atoms with van der Waals surface area (Å²) in [6.45, 7) is 2.03. The smallest absolute Gasteiger partial charge is 0.416 e. The molecule has 0 radical (unpaired) electrons. The van der Waals surface area contributed by atoms with Gasteiger partial charge in [0.05, 0.1) is 30.2 Å². The van der Waals surface area contributed by atoms with Gasteiger partial charge in [-0.2, -0.15) is 13.2 Å². The van der Waals surface area contributed by atoms with E-state index in [0.29, 0.717) is 28.1 Å². The van der Waals surface area contributed by atoms with Crippen LogP contribution >= 0.6 is 0 Å². The van der Waals surface area contributed by atoms with E-state index >= 15 is 0 Å². The zero-order chi connectivity index (χ0) is 27.7. The number of anilines is 2. The summed E-state index contributed by atoms with van der Waals surface area (Å²) >= 11 is 0. The van der Waals surface area contributed by atoms with Crippen molar-refractivity contribution in [3.8, 4) is 5.75 Å². The number of sulfonamides is 1. The molecule has 1 amide bonds. The summed E-state index contributed by atoms with van der Waals surface area (Å²) in [5, 5.41) is 2.83. The van der Waals surface area contributed by atoms with Crippen LogP contribution in [0.3, 0.4) is 0 Å². The normalized spacial score (nSPS) is 18.9. The molecule has 0 unspecified atom stereocenters. The van der Waals surface area contributed by atoms with E-state index in [-0.39, 0.29) is 44.1 Å². The molecule has 8 nitrogen and oxygen atoms in total. The van der Waals surface area contributed by atoms with Crippen molar-refractivity contribution in [1.29, 1.82) is 0 Å². The number of amides is 1. The number of ether oxygens (including phenoxy) is 3. The Morgan fingerprint density at radius 1 is 1.18 bits per heavy atom. The molecule has 0 aromatic heterocycles. The molecule has 4 rings (SSSR count). The number of hydrogen-bond acceptors (Lipinski definition) is 6. The second kappa shape index (κ2) is 10.6. The number of benzene rings is 2. The van der Waals surface area contributed by atoms with Crippen molar-refractivity contribution in [3.05, 3.63) is 59.2 Å². The van der Waals surface area contributed by atoms with Gasteiger partial charge in [-0.15, -0.1) is 0 Å². The number of carbonyl (C=O) groups excluding carboxylic acids is 1. The highest BCUT2D eigenvalue weighted by Gasteiger charge is 2.41. The lowest BCUT2D eigenvalue weighted by atomic mass is 9.86. The molecule has 0 aliphatic carbocycles. The average molecular weight is 555 g/mol. The summed E-state index contributed by atoms with van der Waals surface area (Å²) in [7, 11) is -0.553. The lowest BCUT2D eigenvalue weighted by Gasteiger charge is -2.39. The van der Waals surface area contributed by atoms with Crippen LogP contribution in [0.4, 0.5) is 24.5 Å².